The zero-order valence-electron chi connectivity index (χ0n) is 19.9. The van der Waals surface area contributed by atoms with Crippen molar-refractivity contribution in [1.82, 2.24) is 0 Å². The molecule has 0 unspecified atom stereocenters. The largest absolute Gasteiger partial charge is 0.388 e. The molecule has 0 radical (unpaired) electrons. The molecule has 0 aliphatic carbocycles. The van der Waals surface area contributed by atoms with Crippen molar-refractivity contribution in [2.75, 3.05) is 19.8 Å². The summed E-state index contributed by atoms with van der Waals surface area (Å²) in [4.78, 5) is 0. The molecule has 0 aromatic heterocycles. The minimum absolute atomic E-state index is 0.0693. The maximum Gasteiger partial charge on any atom is 0.114 e. The van der Waals surface area contributed by atoms with Crippen molar-refractivity contribution in [3.8, 4) is 0 Å². The summed E-state index contributed by atoms with van der Waals surface area (Å²) in [5, 5.41) is 29.1. The Hall–Kier alpha value is -0.460. The Morgan fingerprint density at radius 2 is 1.23 bits per heavy atom. The lowest BCUT2D eigenvalue weighted by Crippen LogP contribution is -2.40. The maximum atomic E-state index is 9.96. The number of hydrogen-bond donors (Lipinski definition) is 3. The van der Waals surface area contributed by atoms with Crippen molar-refractivity contribution in [1.29, 1.82) is 0 Å². The molecule has 31 heavy (non-hydrogen) atoms. The third-order valence-electron chi connectivity index (χ3n) is 6.31. The summed E-state index contributed by atoms with van der Waals surface area (Å²) in [5.41, 5.74) is 0. The van der Waals surface area contributed by atoms with Gasteiger partial charge in [-0.1, -0.05) is 96.0 Å². The molecule has 1 rings (SSSR count). The van der Waals surface area contributed by atoms with Crippen molar-refractivity contribution in [3.63, 3.8) is 0 Å². The second kappa shape index (κ2) is 20.2. The Morgan fingerprint density at radius 3 is 1.65 bits per heavy atom. The minimum Gasteiger partial charge on any atom is -0.388 e. The highest BCUT2D eigenvalue weighted by Crippen LogP contribution is 2.18. The number of rotatable bonds is 22. The van der Waals surface area contributed by atoms with E-state index < -0.39 is 24.4 Å². The molecule has 0 spiro atoms. The number of allylic oxidation sites excluding steroid dienone is 1. The monoisotopic (exact) mass is 442 g/mol. The lowest BCUT2D eigenvalue weighted by molar-refractivity contribution is -0.0813. The van der Waals surface area contributed by atoms with Gasteiger partial charge in [0.1, 0.15) is 24.4 Å². The van der Waals surface area contributed by atoms with Gasteiger partial charge in [0.05, 0.1) is 13.2 Å². The summed E-state index contributed by atoms with van der Waals surface area (Å²) >= 11 is 0. The average molecular weight is 443 g/mol. The van der Waals surface area contributed by atoms with E-state index in [2.05, 4.69) is 6.58 Å². The highest BCUT2D eigenvalue weighted by molar-refractivity contribution is 4.87. The van der Waals surface area contributed by atoms with Crippen LogP contribution in [-0.4, -0.2) is 59.6 Å². The van der Waals surface area contributed by atoms with Gasteiger partial charge in [0, 0.05) is 6.61 Å². The van der Waals surface area contributed by atoms with Crippen molar-refractivity contribution >= 4 is 0 Å². The van der Waals surface area contributed by atoms with Crippen LogP contribution in [0.1, 0.15) is 109 Å². The standard InChI is InChI=1S/C26H50O5/c1-2-3-4-5-6-7-8-9-10-11-12-13-14-15-16-17-18-19-20-30-21-24(28)26-25(29)23(27)22-31-26/h2,23-29H,1,3-22H2/t23-,24+,25-,26-/m0/s1. The number of aliphatic hydroxyl groups is 3. The van der Waals surface area contributed by atoms with Crippen LogP contribution >= 0.6 is 0 Å². The van der Waals surface area contributed by atoms with Gasteiger partial charge in [0.2, 0.25) is 0 Å². The summed E-state index contributed by atoms with van der Waals surface area (Å²) in [5.74, 6) is 0. The van der Waals surface area contributed by atoms with E-state index in [4.69, 9.17) is 9.47 Å². The lowest BCUT2D eigenvalue weighted by Gasteiger charge is -2.20. The molecule has 0 bridgehead atoms. The Kier molecular flexibility index (Phi) is 18.6. The number of hydrogen-bond acceptors (Lipinski definition) is 5. The minimum atomic E-state index is -1.03. The highest BCUT2D eigenvalue weighted by atomic mass is 16.5. The molecule has 1 heterocycles. The van der Waals surface area contributed by atoms with Crippen LogP contribution in [0.25, 0.3) is 0 Å². The molecule has 1 fully saturated rings. The van der Waals surface area contributed by atoms with Gasteiger partial charge in [-0.3, -0.25) is 0 Å². The van der Waals surface area contributed by atoms with Crippen LogP contribution in [-0.2, 0) is 9.47 Å². The van der Waals surface area contributed by atoms with Crippen LogP contribution in [0.15, 0.2) is 12.7 Å². The van der Waals surface area contributed by atoms with Crippen LogP contribution in [0.2, 0.25) is 0 Å². The Bertz CT molecular complexity index is 403. The second-order valence-electron chi connectivity index (χ2n) is 9.23. The van der Waals surface area contributed by atoms with E-state index in [1.807, 2.05) is 6.08 Å². The van der Waals surface area contributed by atoms with E-state index in [1.165, 1.54) is 96.3 Å². The molecule has 3 N–H and O–H groups in total. The normalized spacial score (nSPS) is 22.1. The first kappa shape index (κ1) is 28.6. The lowest BCUT2D eigenvalue weighted by atomic mass is 10.0. The number of ether oxygens (including phenoxy) is 2. The van der Waals surface area contributed by atoms with E-state index in [1.54, 1.807) is 0 Å². The molecule has 0 saturated carbocycles. The predicted octanol–water partition coefficient (Wildman–Crippen LogP) is 5.30. The molecular weight excluding hydrogens is 392 g/mol. The summed E-state index contributed by atoms with van der Waals surface area (Å²) in [6.07, 6.45) is 20.9. The fourth-order valence-electron chi connectivity index (χ4n) is 4.23. The molecule has 0 aromatic rings. The topological polar surface area (TPSA) is 79.2 Å². The maximum absolute atomic E-state index is 9.96. The molecular formula is C26H50O5. The quantitative estimate of drug-likeness (QED) is 0.157. The average Bonchev–Trinajstić information content (AvgIpc) is 3.10. The number of unbranched alkanes of at least 4 members (excludes halogenated alkanes) is 16. The third-order valence-corrected chi connectivity index (χ3v) is 6.31. The number of aliphatic hydroxyl groups excluding tert-OH is 3. The summed E-state index contributed by atoms with van der Waals surface area (Å²) < 4.78 is 10.7. The van der Waals surface area contributed by atoms with E-state index in [0.717, 1.165) is 12.8 Å². The van der Waals surface area contributed by atoms with Gasteiger partial charge < -0.3 is 24.8 Å². The zero-order chi connectivity index (χ0) is 22.6. The fourth-order valence-corrected chi connectivity index (χ4v) is 4.23. The SMILES string of the molecule is C=CCCCCCCCCCCCCCCCCCCOC[C@@H](O)[C@@H]1OC[C@H](O)[C@@H]1O. The van der Waals surface area contributed by atoms with Gasteiger partial charge in [-0.05, 0) is 19.3 Å². The first-order valence-electron chi connectivity index (χ1n) is 13.0. The van der Waals surface area contributed by atoms with Crippen molar-refractivity contribution in [2.45, 2.75) is 134 Å². The third kappa shape index (κ3) is 15.1. The molecule has 5 nitrogen and oxygen atoms in total. The smallest absolute Gasteiger partial charge is 0.114 e. The van der Waals surface area contributed by atoms with E-state index in [0.29, 0.717) is 6.61 Å². The molecule has 1 aliphatic rings. The van der Waals surface area contributed by atoms with Gasteiger partial charge in [0.25, 0.3) is 0 Å². The predicted molar refractivity (Wildman–Crippen MR) is 127 cm³/mol. The first-order valence-corrected chi connectivity index (χ1v) is 13.0. The van der Waals surface area contributed by atoms with Gasteiger partial charge >= 0.3 is 0 Å². The molecule has 1 aliphatic heterocycles. The highest BCUT2D eigenvalue weighted by Gasteiger charge is 2.39. The van der Waals surface area contributed by atoms with Crippen molar-refractivity contribution in [3.05, 3.63) is 12.7 Å². The molecule has 4 atom stereocenters. The van der Waals surface area contributed by atoms with E-state index in [9.17, 15) is 15.3 Å². The van der Waals surface area contributed by atoms with Gasteiger partial charge in [-0.2, -0.15) is 0 Å². The molecule has 184 valence electrons. The van der Waals surface area contributed by atoms with Gasteiger partial charge in [-0.25, -0.2) is 0 Å². The summed E-state index contributed by atoms with van der Waals surface area (Å²) in [6.45, 7) is 4.60. The zero-order valence-corrected chi connectivity index (χ0v) is 19.9. The molecule has 0 amide bonds. The van der Waals surface area contributed by atoms with Crippen LogP contribution in [0, 0.1) is 0 Å². The van der Waals surface area contributed by atoms with Crippen molar-refractivity contribution < 1.29 is 24.8 Å². The van der Waals surface area contributed by atoms with Crippen LogP contribution in [0.3, 0.4) is 0 Å². The summed E-state index contributed by atoms with van der Waals surface area (Å²) in [6, 6.07) is 0. The second-order valence-corrected chi connectivity index (χ2v) is 9.23. The van der Waals surface area contributed by atoms with E-state index in [-0.39, 0.29) is 13.2 Å². The van der Waals surface area contributed by atoms with Crippen LogP contribution in [0.5, 0.6) is 0 Å². The van der Waals surface area contributed by atoms with Crippen molar-refractivity contribution in [2.24, 2.45) is 0 Å². The molecule has 5 heteroatoms. The Balaban J connectivity index is 1.72. The van der Waals surface area contributed by atoms with Crippen LogP contribution in [0.4, 0.5) is 0 Å². The molecule has 1 saturated heterocycles. The van der Waals surface area contributed by atoms with Gasteiger partial charge in [0.15, 0.2) is 0 Å². The Labute approximate surface area is 191 Å². The fraction of sp³-hybridized carbons (Fsp3) is 0.923. The summed E-state index contributed by atoms with van der Waals surface area (Å²) in [7, 11) is 0. The van der Waals surface area contributed by atoms with E-state index >= 15 is 0 Å². The first-order chi connectivity index (χ1) is 15.2. The van der Waals surface area contributed by atoms with Gasteiger partial charge in [-0.15, -0.1) is 6.58 Å². The Morgan fingerprint density at radius 1 is 0.774 bits per heavy atom. The molecule has 0 aromatic carbocycles. The van der Waals surface area contributed by atoms with Crippen LogP contribution < -0.4 is 0 Å².